The molecule has 0 spiro atoms. The first-order chi connectivity index (χ1) is 7.17. The molecule has 0 saturated carbocycles. The molecule has 0 aliphatic carbocycles. The average molecular weight is 240 g/mol. The van der Waals surface area contributed by atoms with E-state index in [0.29, 0.717) is 6.42 Å². The van der Waals surface area contributed by atoms with Crippen molar-refractivity contribution in [3.63, 3.8) is 0 Å². The van der Waals surface area contributed by atoms with Gasteiger partial charge in [-0.1, -0.05) is 20.3 Å². The number of rotatable bonds is 5. The summed E-state index contributed by atoms with van der Waals surface area (Å²) < 4.78 is 36.0. The molecule has 0 heterocycles. The molecule has 6 heteroatoms. The maximum Gasteiger partial charge on any atom is 0.391 e. The Morgan fingerprint density at radius 2 is 1.88 bits per heavy atom. The van der Waals surface area contributed by atoms with Crippen molar-refractivity contribution in [2.45, 2.75) is 51.9 Å². The van der Waals surface area contributed by atoms with Crippen LogP contribution in [0.15, 0.2) is 0 Å². The van der Waals surface area contributed by atoms with Gasteiger partial charge in [0.25, 0.3) is 0 Å². The van der Waals surface area contributed by atoms with Crippen LogP contribution in [0.4, 0.5) is 13.2 Å². The fourth-order valence-corrected chi connectivity index (χ4v) is 1.25. The monoisotopic (exact) mass is 240 g/mol. The zero-order chi connectivity index (χ0) is 12.9. The Balaban J connectivity index is 4.14. The Kier molecular flexibility index (Phi) is 5.78. The van der Waals surface area contributed by atoms with Crippen molar-refractivity contribution in [1.82, 2.24) is 5.32 Å². The Hall–Kier alpha value is -0.780. The summed E-state index contributed by atoms with van der Waals surface area (Å²) in [6.07, 6.45) is -4.60. The zero-order valence-electron chi connectivity index (χ0n) is 9.77. The predicted octanol–water partition coefficient (Wildman–Crippen LogP) is 1.82. The van der Waals surface area contributed by atoms with Crippen LogP contribution in [0.3, 0.4) is 0 Å². The number of hydrogen-bond acceptors (Lipinski definition) is 2. The molecule has 0 aromatic heterocycles. The highest BCUT2D eigenvalue weighted by Gasteiger charge is 2.31. The van der Waals surface area contributed by atoms with Crippen molar-refractivity contribution in [2.75, 3.05) is 0 Å². The van der Waals surface area contributed by atoms with Crippen LogP contribution in [-0.4, -0.2) is 24.2 Å². The number of alkyl halides is 3. The van der Waals surface area contributed by atoms with Crippen molar-refractivity contribution in [3.8, 4) is 0 Å². The van der Waals surface area contributed by atoms with Crippen molar-refractivity contribution in [1.29, 1.82) is 0 Å². The van der Waals surface area contributed by atoms with Crippen LogP contribution in [0.1, 0.15) is 33.6 Å². The molecule has 3 atom stereocenters. The van der Waals surface area contributed by atoms with Crippen LogP contribution in [-0.2, 0) is 4.79 Å². The molecule has 0 fully saturated rings. The van der Waals surface area contributed by atoms with E-state index >= 15 is 0 Å². The molecule has 0 bridgehead atoms. The molecule has 3 nitrogen and oxygen atoms in total. The first-order valence-electron chi connectivity index (χ1n) is 5.30. The van der Waals surface area contributed by atoms with Crippen LogP contribution in [0.2, 0.25) is 0 Å². The van der Waals surface area contributed by atoms with Gasteiger partial charge in [0.1, 0.15) is 0 Å². The molecule has 0 saturated heterocycles. The SMILES string of the molecule is CC[C@H](C)[C@H](N)C(=O)NC(C)CC(F)(F)F. The Labute approximate surface area is 93.6 Å². The fourth-order valence-electron chi connectivity index (χ4n) is 1.25. The van der Waals surface area contributed by atoms with Crippen LogP contribution < -0.4 is 11.1 Å². The van der Waals surface area contributed by atoms with Gasteiger partial charge in [-0.2, -0.15) is 13.2 Å². The topological polar surface area (TPSA) is 55.1 Å². The lowest BCUT2D eigenvalue weighted by molar-refractivity contribution is -0.141. The van der Waals surface area contributed by atoms with Crippen molar-refractivity contribution in [3.05, 3.63) is 0 Å². The van der Waals surface area contributed by atoms with E-state index in [1.807, 2.05) is 6.92 Å². The molecule has 0 aromatic rings. The summed E-state index contributed by atoms with van der Waals surface area (Å²) >= 11 is 0. The second kappa shape index (κ2) is 6.08. The highest BCUT2D eigenvalue weighted by Crippen LogP contribution is 2.21. The predicted molar refractivity (Wildman–Crippen MR) is 55.7 cm³/mol. The molecule has 0 rings (SSSR count). The van der Waals surface area contributed by atoms with Crippen molar-refractivity contribution < 1.29 is 18.0 Å². The van der Waals surface area contributed by atoms with E-state index in [1.165, 1.54) is 6.92 Å². The second-order valence-corrected chi connectivity index (χ2v) is 4.14. The molecule has 16 heavy (non-hydrogen) atoms. The molecule has 0 aromatic carbocycles. The van der Waals surface area contributed by atoms with Crippen LogP contribution in [0, 0.1) is 5.92 Å². The smallest absolute Gasteiger partial charge is 0.352 e. The fraction of sp³-hybridized carbons (Fsp3) is 0.900. The van der Waals surface area contributed by atoms with Crippen LogP contribution >= 0.6 is 0 Å². The van der Waals surface area contributed by atoms with Gasteiger partial charge in [-0.05, 0) is 12.8 Å². The van der Waals surface area contributed by atoms with Gasteiger partial charge in [-0.25, -0.2) is 0 Å². The summed E-state index contributed by atoms with van der Waals surface area (Å²) in [5, 5.41) is 2.27. The minimum Gasteiger partial charge on any atom is -0.352 e. The molecule has 96 valence electrons. The molecular formula is C10H19F3N2O. The van der Waals surface area contributed by atoms with Crippen molar-refractivity contribution in [2.24, 2.45) is 11.7 Å². The lowest BCUT2D eigenvalue weighted by Gasteiger charge is -2.21. The summed E-state index contributed by atoms with van der Waals surface area (Å²) in [7, 11) is 0. The minimum absolute atomic E-state index is 0.0434. The minimum atomic E-state index is -4.27. The van der Waals surface area contributed by atoms with Gasteiger partial charge < -0.3 is 11.1 Å². The van der Waals surface area contributed by atoms with Gasteiger partial charge in [0.15, 0.2) is 0 Å². The van der Waals surface area contributed by atoms with E-state index in [4.69, 9.17) is 5.73 Å². The van der Waals surface area contributed by atoms with E-state index in [1.54, 1.807) is 6.92 Å². The lowest BCUT2D eigenvalue weighted by atomic mass is 9.99. The highest BCUT2D eigenvalue weighted by atomic mass is 19.4. The number of amides is 1. The van der Waals surface area contributed by atoms with Gasteiger partial charge >= 0.3 is 6.18 Å². The highest BCUT2D eigenvalue weighted by molar-refractivity contribution is 5.82. The van der Waals surface area contributed by atoms with Crippen LogP contribution in [0.25, 0.3) is 0 Å². The molecule has 1 unspecified atom stereocenters. The van der Waals surface area contributed by atoms with Gasteiger partial charge in [0, 0.05) is 6.04 Å². The van der Waals surface area contributed by atoms with Gasteiger partial charge in [0.2, 0.25) is 5.91 Å². The third-order valence-electron chi connectivity index (χ3n) is 2.49. The number of hydrogen-bond donors (Lipinski definition) is 2. The first kappa shape index (κ1) is 15.2. The van der Waals surface area contributed by atoms with Gasteiger partial charge in [-0.3, -0.25) is 4.79 Å². The van der Waals surface area contributed by atoms with E-state index in [0.717, 1.165) is 0 Å². The summed E-state index contributed by atoms with van der Waals surface area (Å²) in [4.78, 5) is 11.4. The van der Waals surface area contributed by atoms with E-state index in [9.17, 15) is 18.0 Å². The van der Waals surface area contributed by atoms with E-state index in [-0.39, 0.29) is 5.92 Å². The number of halogens is 3. The van der Waals surface area contributed by atoms with E-state index < -0.39 is 30.6 Å². The molecule has 3 N–H and O–H groups in total. The Morgan fingerprint density at radius 3 is 2.25 bits per heavy atom. The van der Waals surface area contributed by atoms with E-state index in [2.05, 4.69) is 5.32 Å². The normalized spacial score (nSPS) is 17.7. The summed E-state index contributed by atoms with van der Waals surface area (Å²) in [6.45, 7) is 4.98. The third-order valence-corrected chi connectivity index (χ3v) is 2.49. The molecule has 0 aliphatic rings. The molecule has 1 amide bonds. The maximum atomic E-state index is 12.0. The number of nitrogens with two attached hydrogens (primary N) is 1. The number of nitrogens with one attached hydrogen (secondary N) is 1. The standard InChI is InChI=1S/C10H19F3N2O/c1-4-6(2)8(14)9(16)15-7(3)5-10(11,12)13/h6-8H,4-5,14H2,1-3H3,(H,15,16)/t6-,7?,8-/m0/s1. The number of carbonyl (C=O) groups excluding carboxylic acids is 1. The summed E-state index contributed by atoms with van der Waals surface area (Å²) in [5.74, 6) is -0.566. The summed E-state index contributed by atoms with van der Waals surface area (Å²) in [6, 6.07) is -1.69. The quantitative estimate of drug-likeness (QED) is 0.770. The molecular weight excluding hydrogens is 221 g/mol. The number of carbonyl (C=O) groups is 1. The lowest BCUT2D eigenvalue weighted by Crippen LogP contribution is -2.48. The Morgan fingerprint density at radius 1 is 1.38 bits per heavy atom. The average Bonchev–Trinajstić information content (AvgIpc) is 2.12. The van der Waals surface area contributed by atoms with Gasteiger partial charge in [-0.15, -0.1) is 0 Å². The van der Waals surface area contributed by atoms with Crippen molar-refractivity contribution >= 4 is 5.91 Å². The Bertz CT molecular complexity index is 231. The molecule has 0 aliphatic heterocycles. The zero-order valence-corrected chi connectivity index (χ0v) is 9.77. The first-order valence-corrected chi connectivity index (χ1v) is 5.30. The second-order valence-electron chi connectivity index (χ2n) is 4.14. The summed E-state index contributed by atoms with van der Waals surface area (Å²) in [5.41, 5.74) is 5.59. The molecule has 0 radical (unpaired) electrons. The van der Waals surface area contributed by atoms with Gasteiger partial charge in [0.05, 0.1) is 12.5 Å². The third kappa shape index (κ3) is 5.95. The maximum absolute atomic E-state index is 12.0. The largest absolute Gasteiger partial charge is 0.391 e. The van der Waals surface area contributed by atoms with Crippen LogP contribution in [0.5, 0.6) is 0 Å².